The average molecular weight is 457 g/mol. The van der Waals surface area contributed by atoms with E-state index in [1.54, 1.807) is 0 Å². The normalized spacial score (nSPS) is 58.4. The molecule has 0 radical (unpaired) electrons. The minimum Gasteiger partial charge on any atom is -0.461 e. The van der Waals surface area contributed by atoms with E-state index in [0.29, 0.717) is 28.6 Å². The molecule has 0 unspecified atom stereocenters. The lowest BCUT2D eigenvalue weighted by atomic mass is 9.31. The molecule has 33 heavy (non-hydrogen) atoms. The van der Waals surface area contributed by atoms with Crippen LogP contribution in [0.5, 0.6) is 0 Å². The Morgan fingerprint density at radius 2 is 1.45 bits per heavy atom. The first kappa shape index (κ1) is 22.9. The molecule has 3 heteroatoms. The minimum atomic E-state index is -0.189. The van der Waals surface area contributed by atoms with E-state index in [4.69, 9.17) is 4.74 Å². The van der Waals surface area contributed by atoms with Crippen molar-refractivity contribution < 1.29 is 14.6 Å². The van der Waals surface area contributed by atoms with Crippen LogP contribution in [-0.2, 0) is 9.53 Å². The van der Waals surface area contributed by atoms with Crippen molar-refractivity contribution >= 4 is 5.97 Å². The van der Waals surface area contributed by atoms with Crippen LogP contribution in [0.4, 0.5) is 0 Å². The summed E-state index contributed by atoms with van der Waals surface area (Å²) in [7, 11) is 0. The number of carbonyl (C=O) groups excluding carboxylic acids is 1. The predicted octanol–water partition coefficient (Wildman–Crippen LogP) is 6.76. The van der Waals surface area contributed by atoms with Gasteiger partial charge >= 0.3 is 5.97 Å². The van der Waals surface area contributed by atoms with Crippen LogP contribution in [0.1, 0.15) is 113 Å². The van der Waals surface area contributed by atoms with Crippen molar-refractivity contribution in [3.05, 3.63) is 0 Å². The Morgan fingerprint density at radius 1 is 0.758 bits per heavy atom. The van der Waals surface area contributed by atoms with Gasteiger partial charge in [-0.05, 0) is 104 Å². The molecule has 186 valence electrons. The van der Waals surface area contributed by atoms with Crippen LogP contribution in [0.3, 0.4) is 0 Å². The number of esters is 1. The molecule has 0 aromatic heterocycles. The standard InChI is InChI=1S/C30H48O3/c1-25(2)14-16-30-17-15-28(6)18(22(30)23(25)33-24(30)32)8-9-20-27(5)12-11-21(31)26(3,4)19(27)10-13-29(20,28)7/h18-23,31H,8-17H2,1-7H3/t18-,19+,20-,21+,22-,23-,27+,28-,29-,30+/m1/s1. The van der Waals surface area contributed by atoms with Gasteiger partial charge in [0.05, 0.1) is 11.5 Å². The molecule has 3 nitrogen and oxygen atoms in total. The highest BCUT2D eigenvalue weighted by Gasteiger charge is 2.75. The van der Waals surface area contributed by atoms with Crippen LogP contribution < -0.4 is 0 Å². The van der Waals surface area contributed by atoms with Gasteiger partial charge in [0.15, 0.2) is 0 Å². The number of fused-ring (bicyclic) bond motifs is 5. The van der Waals surface area contributed by atoms with Gasteiger partial charge in [-0.3, -0.25) is 4.79 Å². The number of aliphatic hydroxyl groups excluding tert-OH is 1. The number of aliphatic hydroxyl groups is 1. The highest BCUT2D eigenvalue weighted by Crippen LogP contribution is 2.78. The fraction of sp³-hybridized carbons (Fsp3) is 0.967. The molecule has 6 fully saturated rings. The van der Waals surface area contributed by atoms with Gasteiger partial charge in [-0.2, -0.15) is 0 Å². The Hall–Kier alpha value is -0.570. The third-order valence-corrected chi connectivity index (χ3v) is 14.0. The van der Waals surface area contributed by atoms with E-state index in [1.165, 1.54) is 38.5 Å². The molecule has 0 spiro atoms. The second kappa shape index (κ2) is 6.40. The smallest absolute Gasteiger partial charge is 0.312 e. The van der Waals surface area contributed by atoms with Crippen molar-refractivity contribution in [2.75, 3.05) is 0 Å². The summed E-state index contributed by atoms with van der Waals surface area (Å²) in [6, 6.07) is 0. The Morgan fingerprint density at radius 3 is 2.18 bits per heavy atom. The fourth-order valence-corrected chi connectivity index (χ4v) is 11.8. The lowest BCUT2D eigenvalue weighted by Crippen LogP contribution is -2.67. The van der Waals surface area contributed by atoms with Gasteiger partial charge in [-0.1, -0.05) is 48.5 Å². The van der Waals surface area contributed by atoms with Gasteiger partial charge in [0.1, 0.15) is 6.10 Å². The van der Waals surface area contributed by atoms with Crippen molar-refractivity contribution in [3.63, 3.8) is 0 Å². The number of hydrogen-bond acceptors (Lipinski definition) is 3. The summed E-state index contributed by atoms with van der Waals surface area (Å²) in [5, 5.41) is 10.9. The van der Waals surface area contributed by atoms with Crippen molar-refractivity contribution in [2.24, 2.45) is 56.2 Å². The maximum atomic E-state index is 13.3. The maximum absolute atomic E-state index is 13.3. The number of hydrogen-bond donors (Lipinski definition) is 1. The summed E-state index contributed by atoms with van der Waals surface area (Å²) < 4.78 is 6.28. The van der Waals surface area contributed by atoms with E-state index < -0.39 is 0 Å². The molecular weight excluding hydrogens is 408 g/mol. The van der Waals surface area contributed by atoms with Crippen molar-refractivity contribution in [1.29, 1.82) is 0 Å². The molecule has 10 atom stereocenters. The van der Waals surface area contributed by atoms with E-state index in [2.05, 4.69) is 48.5 Å². The zero-order chi connectivity index (χ0) is 23.8. The SMILES string of the molecule is CC1(C)CC[C@]23CC[C@]4(C)[C@H](CC[C@@H]5[C@@]6(C)CC[C@H](O)C(C)(C)[C@@H]6CC[C@]54C)[C@@H]2[C@H]1OC3=O. The first-order chi connectivity index (χ1) is 15.2. The first-order valence-corrected chi connectivity index (χ1v) is 14.1. The molecule has 2 bridgehead atoms. The Labute approximate surface area is 201 Å². The lowest BCUT2D eigenvalue weighted by molar-refractivity contribution is -0.252. The fourth-order valence-electron chi connectivity index (χ4n) is 11.8. The molecule has 1 heterocycles. The zero-order valence-electron chi connectivity index (χ0n) is 22.3. The third-order valence-electron chi connectivity index (χ3n) is 14.0. The van der Waals surface area contributed by atoms with Crippen LogP contribution >= 0.6 is 0 Å². The minimum absolute atomic E-state index is 0.00939. The number of carbonyl (C=O) groups is 1. The monoisotopic (exact) mass is 456 g/mol. The first-order valence-electron chi connectivity index (χ1n) is 14.1. The van der Waals surface area contributed by atoms with Gasteiger partial charge < -0.3 is 9.84 Å². The molecule has 1 saturated heterocycles. The zero-order valence-corrected chi connectivity index (χ0v) is 22.3. The Bertz CT molecular complexity index is 876. The molecule has 1 N–H and O–H groups in total. The van der Waals surface area contributed by atoms with Crippen molar-refractivity contribution in [3.8, 4) is 0 Å². The lowest BCUT2D eigenvalue weighted by Gasteiger charge is -2.73. The molecular formula is C30H48O3. The largest absolute Gasteiger partial charge is 0.461 e. The van der Waals surface area contributed by atoms with Gasteiger partial charge in [0.25, 0.3) is 0 Å². The van der Waals surface area contributed by atoms with Gasteiger partial charge in [0, 0.05) is 11.3 Å². The van der Waals surface area contributed by atoms with E-state index in [1.807, 2.05) is 0 Å². The van der Waals surface area contributed by atoms with Crippen LogP contribution in [0.15, 0.2) is 0 Å². The van der Waals surface area contributed by atoms with E-state index >= 15 is 0 Å². The van der Waals surface area contributed by atoms with Crippen LogP contribution in [-0.4, -0.2) is 23.3 Å². The molecule has 1 aliphatic heterocycles. The second-order valence-corrected chi connectivity index (χ2v) is 15.5. The van der Waals surface area contributed by atoms with Crippen LogP contribution in [0, 0.1) is 56.2 Å². The topological polar surface area (TPSA) is 46.5 Å². The predicted molar refractivity (Wildman–Crippen MR) is 130 cm³/mol. The van der Waals surface area contributed by atoms with Crippen LogP contribution in [0.2, 0.25) is 0 Å². The highest BCUT2D eigenvalue weighted by atomic mass is 16.6. The number of rotatable bonds is 0. The summed E-state index contributed by atoms with van der Waals surface area (Å²) in [4.78, 5) is 13.3. The van der Waals surface area contributed by atoms with Gasteiger partial charge in [0.2, 0.25) is 0 Å². The average Bonchev–Trinajstić information content (AvgIpc) is 2.99. The molecule has 0 aromatic carbocycles. The Kier molecular flexibility index (Phi) is 4.44. The maximum Gasteiger partial charge on any atom is 0.312 e. The molecule has 5 aliphatic carbocycles. The second-order valence-electron chi connectivity index (χ2n) is 15.5. The summed E-state index contributed by atoms with van der Waals surface area (Å²) in [5.41, 5.74) is 0.823. The summed E-state index contributed by atoms with van der Waals surface area (Å²) in [6.45, 7) is 17.3. The quantitative estimate of drug-likeness (QED) is 0.409. The van der Waals surface area contributed by atoms with Gasteiger partial charge in [-0.25, -0.2) is 0 Å². The summed E-state index contributed by atoms with van der Waals surface area (Å²) >= 11 is 0. The third kappa shape index (κ3) is 2.45. The van der Waals surface area contributed by atoms with Crippen LogP contribution in [0.25, 0.3) is 0 Å². The van der Waals surface area contributed by atoms with Crippen molar-refractivity contribution in [1.82, 2.24) is 0 Å². The van der Waals surface area contributed by atoms with E-state index in [-0.39, 0.29) is 39.8 Å². The molecule has 5 saturated carbocycles. The van der Waals surface area contributed by atoms with Crippen molar-refractivity contribution in [2.45, 2.75) is 125 Å². The van der Waals surface area contributed by atoms with Gasteiger partial charge in [-0.15, -0.1) is 0 Å². The molecule has 0 amide bonds. The highest BCUT2D eigenvalue weighted by molar-refractivity contribution is 5.81. The molecule has 0 aromatic rings. The summed E-state index contributed by atoms with van der Waals surface area (Å²) in [6.07, 6.45) is 11.6. The Balaban J connectivity index is 1.41. The molecule has 6 rings (SSSR count). The van der Waals surface area contributed by atoms with E-state index in [0.717, 1.165) is 31.6 Å². The molecule has 6 aliphatic rings. The summed E-state index contributed by atoms with van der Waals surface area (Å²) in [5.74, 6) is 2.50. The van der Waals surface area contributed by atoms with E-state index in [9.17, 15) is 9.90 Å². The number of ether oxygens (including phenoxy) is 1.